The van der Waals surface area contributed by atoms with E-state index in [4.69, 9.17) is 24.9 Å². The summed E-state index contributed by atoms with van der Waals surface area (Å²) in [4.78, 5) is 26.7. The average molecular weight is 772 g/mol. The first-order valence-corrected chi connectivity index (χ1v) is 19.9. The number of fused-ring (bicyclic) bond motifs is 15. The highest BCUT2D eigenvalue weighted by molar-refractivity contribution is 5.95. The van der Waals surface area contributed by atoms with Crippen LogP contribution >= 0.6 is 0 Å². The maximum absolute atomic E-state index is 5.52. The molecule has 280 valence electrons. The van der Waals surface area contributed by atoms with Crippen molar-refractivity contribution in [3.05, 3.63) is 176 Å². The third-order valence-electron chi connectivity index (χ3n) is 11.9. The summed E-state index contributed by atoms with van der Waals surface area (Å²) in [6.07, 6.45) is 0. The van der Waals surface area contributed by atoms with E-state index < -0.39 is 0 Å². The first-order valence-electron chi connectivity index (χ1n) is 19.9. The first-order chi connectivity index (χ1) is 29.8. The molecule has 0 radical (unpaired) electrons. The van der Waals surface area contributed by atoms with Gasteiger partial charge in [-0.25, -0.2) is 24.5 Å². The van der Waals surface area contributed by atoms with Crippen LogP contribution in [0.3, 0.4) is 0 Å². The number of benzene rings is 7. The van der Waals surface area contributed by atoms with E-state index in [1.54, 1.807) is 0 Å². The van der Waals surface area contributed by atoms with Gasteiger partial charge in [0.05, 0.1) is 77.6 Å². The molecule has 11 nitrogen and oxygen atoms in total. The zero-order valence-electron chi connectivity index (χ0n) is 31.7. The van der Waals surface area contributed by atoms with Gasteiger partial charge in [-0.1, -0.05) is 91.0 Å². The third-order valence-corrected chi connectivity index (χ3v) is 11.9. The molecule has 7 heterocycles. The summed E-state index contributed by atoms with van der Waals surface area (Å²) >= 11 is 0. The van der Waals surface area contributed by atoms with E-state index in [1.165, 1.54) is 0 Å². The quantitative estimate of drug-likeness (QED) is 0.178. The first kappa shape index (κ1) is 31.5. The molecule has 7 aromatic heterocycles. The lowest BCUT2D eigenvalue weighted by atomic mass is 10.1. The van der Waals surface area contributed by atoms with Crippen LogP contribution in [0.1, 0.15) is 0 Å². The zero-order valence-corrected chi connectivity index (χ0v) is 31.7. The Labute approximate surface area is 338 Å². The maximum Gasteiger partial charge on any atom is 0.239 e. The van der Waals surface area contributed by atoms with Gasteiger partial charge in [0, 0.05) is 11.6 Å². The van der Waals surface area contributed by atoms with Crippen LogP contribution in [0, 0.1) is 0 Å². The third kappa shape index (κ3) is 4.09. The number of rotatable bonds is 4. The van der Waals surface area contributed by atoms with Crippen LogP contribution in [0.4, 0.5) is 0 Å². The van der Waals surface area contributed by atoms with Crippen molar-refractivity contribution in [2.45, 2.75) is 0 Å². The topological polar surface area (TPSA) is 92.5 Å². The van der Waals surface area contributed by atoms with Crippen molar-refractivity contribution in [3.8, 4) is 28.7 Å². The lowest BCUT2D eigenvalue weighted by Gasteiger charge is -2.15. The van der Waals surface area contributed by atoms with Gasteiger partial charge in [0.25, 0.3) is 0 Å². The molecule has 0 saturated carbocycles. The number of nitrogens with zero attached hydrogens (tertiary/aromatic N) is 11. The fraction of sp³-hybridized carbons (Fsp3) is 0. The van der Waals surface area contributed by atoms with Crippen LogP contribution in [0.2, 0.25) is 0 Å². The molecule has 14 aromatic rings. The molecule has 7 aromatic carbocycles. The van der Waals surface area contributed by atoms with Crippen molar-refractivity contribution >= 4 is 83.5 Å². The van der Waals surface area contributed by atoms with Gasteiger partial charge in [-0.2, -0.15) is 4.98 Å². The van der Waals surface area contributed by atoms with Crippen LogP contribution in [0.15, 0.2) is 176 Å². The Balaban J connectivity index is 1.12. The lowest BCUT2D eigenvalue weighted by Crippen LogP contribution is -2.09. The highest BCUT2D eigenvalue weighted by atomic mass is 15.3. The molecule has 0 N–H and O–H groups in total. The Bertz CT molecular complexity index is 3930. The fourth-order valence-electron chi connectivity index (χ4n) is 9.37. The number of imidazole rings is 6. The molecule has 14 rings (SSSR count). The molecule has 11 heteroatoms. The Morgan fingerprint density at radius 2 is 0.683 bits per heavy atom. The van der Waals surface area contributed by atoms with Gasteiger partial charge in [-0.05, 0) is 78.9 Å². The Kier molecular flexibility index (Phi) is 6.05. The summed E-state index contributed by atoms with van der Waals surface area (Å²) in [5.41, 5.74) is 14.5. The Hall–Kier alpha value is -8.57. The van der Waals surface area contributed by atoms with Crippen LogP contribution in [0.5, 0.6) is 0 Å². The number of para-hydroxylation sites is 13. The monoisotopic (exact) mass is 771 g/mol. The molecule has 0 saturated heterocycles. The molecule has 0 aliphatic heterocycles. The summed E-state index contributed by atoms with van der Waals surface area (Å²) in [6.45, 7) is 0. The molecule has 0 aliphatic rings. The highest BCUT2D eigenvalue weighted by Crippen LogP contribution is 2.37. The molecular formula is C49H29N11. The van der Waals surface area contributed by atoms with Gasteiger partial charge in [0.2, 0.25) is 23.3 Å². The van der Waals surface area contributed by atoms with E-state index in [1.807, 2.05) is 24.3 Å². The lowest BCUT2D eigenvalue weighted by molar-refractivity contribution is 0.929. The number of aromatic nitrogens is 11. The molecule has 0 fully saturated rings. The van der Waals surface area contributed by atoms with Crippen LogP contribution in [-0.4, -0.2) is 51.8 Å². The van der Waals surface area contributed by atoms with Crippen molar-refractivity contribution in [2.24, 2.45) is 0 Å². The molecular weight excluding hydrogens is 743 g/mol. The predicted molar refractivity (Wildman–Crippen MR) is 237 cm³/mol. The second-order valence-electron chi connectivity index (χ2n) is 15.1. The van der Waals surface area contributed by atoms with E-state index in [9.17, 15) is 0 Å². The molecule has 0 bridgehead atoms. The van der Waals surface area contributed by atoms with E-state index in [2.05, 4.69) is 179 Å². The van der Waals surface area contributed by atoms with Gasteiger partial charge in [-0.15, -0.1) is 0 Å². The SMILES string of the molecule is c1ccc(-n2c3ccccc3n3c4ccccc4nc23)c(-c2cc(-n3c4ccccc4n4c5ccccc5nc34)nc(-n3c4ccccc4n4c5ccccc5nc34)n2)c1. The van der Waals surface area contributed by atoms with Gasteiger partial charge in [-0.3, -0.25) is 22.3 Å². The van der Waals surface area contributed by atoms with Crippen LogP contribution < -0.4 is 0 Å². The highest BCUT2D eigenvalue weighted by Gasteiger charge is 2.25. The van der Waals surface area contributed by atoms with E-state index >= 15 is 0 Å². The largest absolute Gasteiger partial charge is 0.277 e. The summed E-state index contributed by atoms with van der Waals surface area (Å²) in [5, 5.41) is 0. The summed E-state index contributed by atoms with van der Waals surface area (Å²) < 4.78 is 13.2. The molecule has 60 heavy (non-hydrogen) atoms. The summed E-state index contributed by atoms with van der Waals surface area (Å²) in [5.74, 6) is 3.47. The van der Waals surface area contributed by atoms with Crippen molar-refractivity contribution in [1.82, 2.24) is 51.8 Å². The van der Waals surface area contributed by atoms with E-state index in [-0.39, 0.29) is 0 Å². The van der Waals surface area contributed by atoms with Crippen LogP contribution in [-0.2, 0) is 0 Å². The van der Waals surface area contributed by atoms with Crippen LogP contribution in [0.25, 0.3) is 112 Å². The minimum Gasteiger partial charge on any atom is -0.277 e. The number of hydrogen-bond donors (Lipinski definition) is 0. The summed E-state index contributed by atoms with van der Waals surface area (Å²) in [7, 11) is 0. The minimum atomic E-state index is 0.486. The molecule has 0 spiro atoms. The normalized spacial score (nSPS) is 12.3. The van der Waals surface area contributed by atoms with Gasteiger partial charge < -0.3 is 0 Å². The minimum absolute atomic E-state index is 0.486. The molecule has 0 unspecified atom stereocenters. The van der Waals surface area contributed by atoms with Crippen molar-refractivity contribution in [3.63, 3.8) is 0 Å². The van der Waals surface area contributed by atoms with Crippen molar-refractivity contribution < 1.29 is 0 Å². The summed E-state index contributed by atoms with van der Waals surface area (Å²) in [6, 6.07) is 60.5. The standard InChI is InChI=1S/C49H29N11/c1-5-19-35(55-39-23-9-10-24-40(39)56-36-20-6-2-16-31(36)51-47(55)56)30(15-1)34-29-45(59-43-27-13-11-25-41(43)57-37-21-7-3-17-32(37)52-48(57)59)54-46(50-34)60-44-28-14-12-26-42(44)58-38-22-8-4-18-33(38)53-49(58)60/h1-29H. The van der Waals surface area contributed by atoms with Gasteiger partial charge >= 0.3 is 0 Å². The molecule has 0 atom stereocenters. The Morgan fingerprint density at radius 3 is 1.22 bits per heavy atom. The Morgan fingerprint density at radius 1 is 0.300 bits per heavy atom. The zero-order chi connectivity index (χ0) is 39.1. The number of hydrogen-bond acceptors (Lipinski definition) is 5. The van der Waals surface area contributed by atoms with Gasteiger partial charge in [0.1, 0.15) is 5.82 Å². The second-order valence-corrected chi connectivity index (χ2v) is 15.1. The van der Waals surface area contributed by atoms with E-state index in [0.29, 0.717) is 11.8 Å². The molecule has 0 aliphatic carbocycles. The maximum atomic E-state index is 5.52. The smallest absolute Gasteiger partial charge is 0.239 e. The predicted octanol–water partition coefficient (Wildman–Crippen LogP) is 10.4. The molecule has 0 amide bonds. The average Bonchev–Trinajstić information content (AvgIpc) is 4.13. The fourth-order valence-corrected chi connectivity index (χ4v) is 9.37. The second kappa shape index (κ2) is 11.5. The van der Waals surface area contributed by atoms with Gasteiger partial charge in [0.15, 0.2) is 0 Å². The van der Waals surface area contributed by atoms with E-state index in [0.717, 1.165) is 100 Å². The van der Waals surface area contributed by atoms with Crippen molar-refractivity contribution in [1.29, 1.82) is 0 Å². The van der Waals surface area contributed by atoms with Crippen molar-refractivity contribution in [2.75, 3.05) is 0 Å².